The predicted octanol–water partition coefficient (Wildman–Crippen LogP) is 4.10. The SMILES string of the molecule is CC(C)(C)c1cnc(CN=C(NCCc2ccco2)NCc2cccs2)o1. The minimum atomic E-state index is -0.0590. The Bertz CT molecular complexity index is 830. The van der Waals surface area contributed by atoms with E-state index in [1.165, 1.54) is 4.88 Å². The maximum atomic E-state index is 5.83. The summed E-state index contributed by atoms with van der Waals surface area (Å²) in [6.07, 6.45) is 4.27. The molecule has 0 spiro atoms. The van der Waals surface area contributed by atoms with Crippen molar-refractivity contribution >= 4 is 17.3 Å². The first kappa shape index (κ1) is 19.2. The molecule has 3 aromatic rings. The van der Waals surface area contributed by atoms with Gasteiger partial charge in [0.25, 0.3) is 0 Å². The van der Waals surface area contributed by atoms with Gasteiger partial charge in [-0.2, -0.15) is 0 Å². The van der Waals surface area contributed by atoms with Crippen molar-refractivity contribution < 1.29 is 8.83 Å². The van der Waals surface area contributed by atoms with Gasteiger partial charge in [-0.3, -0.25) is 0 Å². The molecule has 0 aliphatic carbocycles. The third kappa shape index (κ3) is 5.99. The number of aromatic nitrogens is 1. The first-order chi connectivity index (χ1) is 13.0. The van der Waals surface area contributed by atoms with Crippen LogP contribution in [0.1, 0.15) is 43.1 Å². The summed E-state index contributed by atoms with van der Waals surface area (Å²) in [7, 11) is 0. The van der Waals surface area contributed by atoms with Crippen LogP contribution in [0.4, 0.5) is 0 Å². The number of thiophene rings is 1. The van der Waals surface area contributed by atoms with E-state index in [9.17, 15) is 0 Å². The topological polar surface area (TPSA) is 75.6 Å². The van der Waals surface area contributed by atoms with E-state index in [2.05, 4.69) is 52.8 Å². The van der Waals surface area contributed by atoms with Gasteiger partial charge in [-0.25, -0.2) is 9.98 Å². The lowest BCUT2D eigenvalue weighted by molar-refractivity contribution is 0.383. The highest BCUT2D eigenvalue weighted by Gasteiger charge is 2.19. The van der Waals surface area contributed by atoms with Gasteiger partial charge in [0.05, 0.1) is 19.0 Å². The van der Waals surface area contributed by atoms with Crippen LogP contribution in [0, 0.1) is 0 Å². The van der Waals surface area contributed by atoms with Gasteiger partial charge < -0.3 is 19.5 Å². The van der Waals surface area contributed by atoms with Gasteiger partial charge in [-0.15, -0.1) is 11.3 Å². The molecule has 144 valence electrons. The number of hydrogen-bond donors (Lipinski definition) is 2. The molecule has 0 amide bonds. The molecule has 0 radical (unpaired) electrons. The highest BCUT2D eigenvalue weighted by atomic mass is 32.1. The highest BCUT2D eigenvalue weighted by Crippen LogP contribution is 2.22. The van der Waals surface area contributed by atoms with Crippen molar-refractivity contribution in [3.05, 3.63) is 64.4 Å². The average molecular weight is 387 g/mol. The Balaban J connectivity index is 1.60. The number of rotatable bonds is 7. The molecule has 0 aromatic carbocycles. The number of hydrogen-bond acceptors (Lipinski definition) is 5. The molecule has 0 atom stereocenters. The monoisotopic (exact) mass is 386 g/mol. The second-order valence-electron chi connectivity index (χ2n) is 7.22. The van der Waals surface area contributed by atoms with Gasteiger partial charge >= 0.3 is 0 Å². The molecule has 3 heterocycles. The van der Waals surface area contributed by atoms with E-state index in [0.717, 1.165) is 37.0 Å². The zero-order chi connectivity index (χ0) is 19.1. The van der Waals surface area contributed by atoms with Crippen LogP contribution in [0.25, 0.3) is 0 Å². The minimum absolute atomic E-state index is 0.0590. The summed E-state index contributed by atoms with van der Waals surface area (Å²) in [5.74, 6) is 3.16. The van der Waals surface area contributed by atoms with Crippen LogP contribution < -0.4 is 10.6 Å². The Morgan fingerprint density at radius 2 is 2.11 bits per heavy atom. The van der Waals surface area contributed by atoms with Crippen molar-refractivity contribution in [1.82, 2.24) is 15.6 Å². The average Bonchev–Trinajstić information content (AvgIpc) is 3.39. The minimum Gasteiger partial charge on any atom is -0.469 e. The summed E-state index contributed by atoms with van der Waals surface area (Å²) >= 11 is 1.72. The fourth-order valence-electron chi connectivity index (χ4n) is 2.39. The number of aliphatic imine (C=N–C) groups is 1. The standard InChI is InChI=1S/C20H26N4O2S/c1-20(2,3)17-13-22-18(26-17)14-24-19(23-12-16-7-5-11-27-16)21-9-8-15-6-4-10-25-15/h4-7,10-11,13H,8-9,12,14H2,1-3H3,(H2,21,23,24). The molecule has 0 aliphatic rings. The van der Waals surface area contributed by atoms with E-state index in [0.29, 0.717) is 12.4 Å². The molecule has 7 heteroatoms. The molecule has 3 aromatic heterocycles. The molecule has 27 heavy (non-hydrogen) atoms. The lowest BCUT2D eigenvalue weighted by Gasteiger charge is -2.13. The Kier molecular flexibility index (Phi) is 6.34. The molecule has 0 aliphatic heterocycles. The Labute approximate surface area is 163 Å². The number of nitrogens with one attached hydrogen (secondary N) is 2. The zero-order valence-corrected chi connectivity index (χ0v) is 16.8. The van der Waals surface area contributed by atoms with Crippen LogP contribution in [-0.4, -0.2) is 17.5 Å². The predicted molar refractivity (Wildman–Crippen MR) is 108 cm³/mol. The van der Waals surface area contributed by atoms with Crippen LogP contribution in [0.3, 0.4) is 0 Å². The maximum Gasteiger partial charge on any atom is 0.216 e. The molecule has 0 fully saturated rings. The second kappa shape index (κ2) is 8.90. The van der Waals surface area contributed by atoms with Gasteiger partial charge in [0.1, 0.15) is 18.1 Å². The van der Waals surface area contributed by atoms with E-state index in [1.807, 2.05) is 18.2 Å². The van der Waals surface area contributed by atoms with E-state index in [-0.39, 0.29) is 5.41 Å². The van der Waals surface area contributed by atoms with Crippen LogP contribution in [0.2, 0.25) is 0 Å². The van der Waals surface area contributed by atoms with Crippen LogP contribution in [0.5, 0.6) is 0 Å². The van der Waals surface area contributed by atoms with E-state index >= 15 is 0 Å². The smallest absolute Gasteiger partial charge is 0.216 e. The molecule has 2 N–H and O–H groups in total. The van der Waals surface area contributed by atoms with Gasteiger partial charge in [0.2, 0.25) is 5.89 Å². The Hall–Kier alpha value is -2.54. The van der Waals surface area contributed by atoms with Crippen molar-refractivity contribution in [3.8, 4) is 0 Å². The third-order valence-corrected chi connectivity index (χ3v) is 4.80. The summed E-state index contributed by atoms with van der Waals surface area (Å²) in [5, 5.41) is 8.77. The van der Waals surface area contributed by atoms with Gasteiger partial charge in [0, 0.05) is 23.3 Å². The van der Waals surface area contributed by atoms with Gasteiger partial charge in [-0.05, 0) is 23.6 Å². The molecule has 0 saturated heterocycles. The molecule has 0 unspecified atom stereocenters. The molecular formula is C20H26N4O2S. The van der Waals surface area contributed by atoms with Crippen molar-refractivity contribution in [1.29, 1.82) is 0 Å². The number of nitrogens with zero attached hydrogens (tertiary/aromatic N) is 2. The first-order valence-corrected chi connectivity index (χ1v) is 9.91. The van der Waals surface area contributed by atoms with E-state index < -0.39 is 0 Å². The fourth-order valence-corrected chi connectivity index (χ4v) is 3.04. The van der Waals surface area contributed by atoms with Crippen LogP contribution >= 0.6 is 11.3 Å². The van der Waals surface area contributed by atoms with Crippen molar-refractivity contribution in [2.24, 2.45) is 4.99 Å². The first-order valence-electron chi connectivity index (χ1n) is 9.03. The molecule has 6 nitrogen and oxygen atoms in total. The summed E-state index contributed by atoms with van der Waals surface area (Å²) in [6, 6.07) is 8.01. The summed E-state index contributed by atoms with van der Waals surface area (Å²) in [6.45, 7) is 8.14. The quantitative estimate of drug-likeness (QED) is 0.472. The summed E-state index contributed by atoms with van der Waals surface area (Å²) < 4.78 is 11.2. The molecule has 3 rings (SSSR count). The second-order valence-corrected chi connectivity index (χ2v) is 8.25. The van der Waals surface area contributed by atoms with Crippen molar-refractivity contribution in [2.75, 3.05) is 6.54 Å². The maximum absolute atomic E-state index is 5.83. The summed E-state index contributed by atoms with van der Waals surface area (Å²) in [4.78, 5) is 10.2. The fraction of sp³-hybridized carbons (Fsp3) is 0.400. The highest BCUT2D eigenvalue weighted by molar-refractivity contribution is 7.09. The molecule has 0 saturated carbocycles. The summed E-state index contributed by atoms with van der Waals surface area (Å²) in [5.41, 5.74) is -0.0590. The lowest BCUT2D eigenvalue weighted by Crippen LogP contribution is -2.38. The van der Waals surface area contributed by atoms with E-state index in [4.69, 9.17) is 8.83 Å². The number of oxazole rings is 1. The number of furan rings is 1. The third-order valence-electron chi connectivity index (χ3n) is 3.92. The van der Waals surface area contributed by atoms with Crippen molar-refractivity contribution in [2.45, 2.75) is 45.7 Å². The van der Waals surface area contributed by atoms with Crippen LogP contribution in [0.15, 0.2) is 55.9 Å². The molecule has 0 bridgehead atoms. The van der Waals surface area contributed by atoms with Crippen molar-refractivity contribution in [3.63, 3.8) is 0 Å². The van der Waals surface area contributed by atoms with Gasteiger partial charge in [0.15, 0.2) is 5.96 Å². The zero-order valence-electron chi connectivity index (χ0n) is 16.0. The normalized spacial score (nSPS) is 12.3. The van der Waals surface area contributed by atoms with Gasteiger partial charge in [-0.1, -0.05) is 26.8 Å². The number of guanidine groups is 1. The Morgan fingerprint density at radius 1 is 1.22 bits per heavy atom. The van der Waals surface area contributed by atoms with Crippen LogP contribution in [-0.2, 0) is 24.9 Å². The van der Waals surface area contributed by atoms with E-state index in [1.54, 1.807) is 23.8 Å². The molecular weight excluding hydrogens is 360 g/mol. The largest absolute Gasteiger partial charge is 0.469 e. The Morgan fingerprint density at radius 3 is 2.78 bits per heavy atom. The lowest BCUT2D eigenvalue weighted by atomic mass is 9.94.